The lowest BCUT2D eigenvalue weighted by molar-refractivity contribution is -0.137. The molecule has 5 nitrogen and oxygen atoms in total. The molecule has 8 heteroatoms. The van der Waals surface area contributed by atoms with E-state index in [1.165, 1.54) is 17.0 Å². The lowest BCUT2D eigenvalue weighted by Crippen LogP contribution is -2.41. The van der Waals surface area contributed by atoms with Gasteiger partial charge in [0.15, 0.2) is 0 Å². The summed E-state index contributed by atoms with van der Waals surface area (Å²) in [6.07, 6.45) is -3.34. The number of benzene rings is 1. The molecule has 1 amide bonds. The number of ether oxygens (including phenoxy) is 1. The van der Waals surface area contributed by atoms with Gasteiger partial charge in [-0.1, -0.05) is 6.07 Å². The van der Waals surface area contributed by atoms with Gasteiger partial charge in [-0.25, -0.2) is 0 Å². The fraction of sp³-hybridized carbons (Fsp3) is 0.333. The van der Waals surface area contributed by atoms with Gasteiger partial charge in [0, 0.05) is 25.0 Å². The first-order valence-electron chi connectivity index (χ1n) is 6.83. The van der Waals surface area contributed by atoms with Crippen LogP contribution < -0.4 is 5.32 Å². The van der Waals surface area contributed by atoms with Gasteiger partial charge in [-0.15, -0.1) is 0 Å². The van der Waals surface area contributed by atoms with Gasteiger partial charge in [-0.05, 0) is 18.2 Å². The number of nitriles is 1. The Kier molecular flexibility index (Phi) is 5.24. The summed E-state index contributed by atoms with van der Waals surface area (Å²) in [5.41, 5.74) is -0.847. The van der Waals surface area contributed by atoms with Crippen molar-refractivity contribution >= 4 is 11.6 Å². The zero-order valence-corrected chi connectivity index (χ0v) is 12.1. The van der Waals surface area contributed by atoms with E-state index < -0.39 is 17.6 Å². The van der Waals surface area contributed by atoms with Crippen LogP contribution in [0.15, 0.2) is 36.0 Å². The number of halogens is 3. The van der Waals surface area contributed by atoms with E-state index in [4.69, 9.17) is 10.00 Å². The average molecular weight is 325 g/mol. The first-order valence-corrected chi connectivity index (χ1v) is 6.83. The molecule has 2 rings (SSSR count). The highest BCUT2D eigenvalue weighted by molar-refractivity contribution is 5.97. The Bertz CT molecular complexity index is 644. The lowest BCUT2D eigenvalue weighted by atomic mass is 10.2. The van der Waals surface area contributed by atoms with Crippen LogP contribution in [0.1, 0.15) is 5.56 Å². The summed E-state index contributed by atoms with van der Waals surface area (Å²) in [7, 11) is 0. The van der Waals surface area contributed by atoms with Crippen LogP contribution in [0.25, 0.3) is 0 Å². The van der Waals surface area contributed by atoms with E-state index in [1.54, 1.807) is 6.07 Å². The summed E-state index contributed by atoms with van der Waals surface area (Å²) >= 11 is 0. The Morgan fingerprint density at radius 3 is 2.65 bits per heavy atom. The molecule has 0 spiro atoms. The highest BCUT2D eigenvalue weighted by Crippen LogP contribution is 2.30. The van der Waals surface area contributed by atoms with Gasteiger partial charge in [0.25, 0.3) is 5.91 Å². The van der Waals surface area contributed by atoms with Crippen LogP contribution in [0, 0.1) is 11.3 Å². The van der Waals surface area contributed by atoms with E-state index >= 15 is 0 Å². The smallest absolute Gasteiger partial charge is 0.378 e. The Morgan fingerprint density at radius 2 is 2.04 bits per heavy atom. The Morgan fingerprint density at radius 1 is 1.35 bits per heavy atom. The number of carbonyl (C=O) groups is 1. The van der Waals surface area contributed by atoms with Gasteiger partial charge in [-0.2, -0.15) is 18.4 Å². The molecule has 0 unspecified atom stereocenters. The van der Waals surface area contributed by atoms with Crippen molar-refractivity contribution < 1.29 is 22.7 Å². The van der Waals surface area contributed by atoms with Gasteiger partial charge in [-0.3, -0.25) is 4.79 Å². The molecule has 1 heterocycles. The second-order valence-corrected chi connectivity index (χ2v) is 4.80. The van der Waals surface area contributed by atoms with Gasteiger partial charge >= 0.3 is 6.18 Å². The molecule has 1 saturated heterocycles. The van der Waals surface area contributed by atoms with E-state index in [-0.39, 0.29) is 11.3 Å². The number of hydrogen-bond donors (Lipinski definition) is 1. The third kappa shape index (κ3) is 4.47. The van der Waals surface area contributed by atoms with Gasteiger partial charge in [0.2, 0.25) is 0 Å². The Balaban J connectivity index is 2.10. The largest absolute Gasteiger partial charge is 0.416 e. The van der Waals surface area contributed by atoms with Crippen molar-refractivity contribution in [3.63, 3.8) is 0 Å². The summed E-state index contributed by atoms with van der Waals surface area (Å²) < 4.78 is 43.0. The van der Waals surface area contributed by atoms with Gasteiger partial charge < -0.3 is 15.0 Å². The van der Waals surface area contributed by atoms with Gasteiger partial charge in [0.1, 0.15) is 11.6 Å². The van der Waals surface area contributed by atoms with Crippen molar-refractivity contribution in [1.82, 2.24) is 4.90 Å². The molecule has 0 aliphatic carbocycles. The maximum Gasteiger partial charge on any atom is 0.416 e. The molecule has 0 radical (unpaired) electrons. The van der Waals surface area contributed by atoms with Crippen molar-refractivity contribution in [2.24, 2.45) is 0 Å². The summed E-state index contributed by atoms with van der Waals surface area (Å²) in [4.78, 5) is 13.6. The lowest BCUT2D eigenvalue weighted by Gasteiger charge is -2.26. The molecule has 1 aliphatic heterocycles. The van der Waals surface area contributed by atoms with E-state index in [0.29, 0.717) is 26.3 Å². The highest BCUT2D eigenvalue weighted by Gasteiger charge is 2.30. The molecule has 0 saturated carbocycles. The van der Waals surface area contributed by atoms with Crippen LogP contribution in [0.3, 0.4) is 0 Å². The summed E-state index contributed by atoms with van der Waals surface area (Å²) in [6, 6.07) is 6.27. The van der Waals surface area contributed by atoms with Crippen LogP contribution in [0.4, 0.5) is 18.9 Å². The standard InChI is InChI=1S/C15H14F3N3O2/c16-15(17,18)12-2-1-3-13(8-12)20-10-11(9-19)14(22)21-4-6-23-7-5-21/h1-3,8,10,20H,4-7H2/b11-10+. The first kappa shape index (κ1) is 16.8. The summed E-state index contributed by atoms with van der Waals surface area (Å²) in [5.74, 6) is -0.477. The van der Waals surface area contributed by atoms with E-state index in [1.807, 2.05) is 0 Å². The van der Waals surface area contributed by atoms with Crippen LogP contribution in [0.2, 0.25) is 0 Å². The number of nitrogens with zero attached hydrogens (tertiary/aromatic N) is 2. The predicted molar refractivity (Wildman–Crippen MR) is 76.2 cm³/mol. The number of rotatable bonds is 3. The van der Waals surface area contributed by atoms with Crippen molar-refractivity contribution in [1.29, 1.82) is 5.26 Å². The van der Waals surface area contributed by atoms with Gasteiger partial charge in [0.05, 0.1) is 18.8 Å². The fourth-order valence-electron chi connectivity index (χ4n) is 2.02. The molecular formula is C15H14F3N3O2. The number of hydrogen-bond acceptors (Lipinski definition) is 4. The molecule has 0 atom stereocenters. The minimum atomic E-state index is -4.46. The third-order valence-corrected chi connectivity index (χ3v) is 3.22. The van der Waals surface area contributed by atoms with Crippen molar-refractivity contribution in [3.8, 4) is 6.07 Å². The molecule has 1 aromatic rings. The van der Waals surface area contributed by atoms with Crippen LogP contribution in [-0.4, -0.2) is 37.1 Å². The molecule has 1 fully saturated rings. The van der Waals surface area contributed by atoms with Crippen molar-refractivity contribution in [3.05, 3.63) is 41.6 Å². The Hall–Kier alpha value is -2.53. The number of alkyl halides is 3. The quantitative estimate of drug-likeness (QED) is 0.684. The second-order valence-electron chi connectivity index (χ2n) is 4.80. The maximum absolute atomic E-state index is 12.6. The summed E-state index contributed by atoms with van der Waals surface area (Å²) in [5, 5.41) is 11.6. The van der Waals surface area contributed by atoms with E-state index in [9.17, 15) is 18.0 Å². The molecule has 23 heavy (non-hydrogen) atoms. The number of morpholine rings is 1. The number of amides is 1. The first-order chi connectivity index (χ1) is 10.9. The van der Waals surface area contributed by atoms with Crippen LogP contribution in [-0.2, 0) is 15.7 Å². The predicted octanol–water partition coefficient (Wildman–Crippen LogP) is 2.38. The molecular weight excluding hydrogens is 311 g/mol. The summed E-state index contributed by atoms with van der Waals surface area (Å²) in [6.45, 7) is 1.54. The second kappa shape index (κ2) is 7.15. The molecule has 1 aliphatic rings. The Labute approximate surface area is 130 Å². The minimum Gasteiger partial charge on any atom is -0.378 e. The zero-order chi connectivity index (χ0) is 16.9. The molecule has 122 valence electrons. The van der Waals surface area contributed by atoms with E-state index in [0.717, 1.165) is 18.3 Å². The van der Waals surface area contributed by atoms with Crippen molar-refractivity contribution in [2.75, 3.05) is 31.6 Å². The molecule has 1 aromatic carbocycles. The minimum absolute atomic E-state index is 0.141. The number of nitrogens with one attached hydrogen (secondary N) is 1. The molecule has 1 N–H and O–H groups in total. The number of carbonyl (C=O) groups excluding carboxylic acids is 1. The SMILES string of the molecule is N#C/C(=C\Nc1cccc(C(F)(F)F)c1)C(=O)N1CCOCC1. The topological polar surface area (TPSA) is 65.4 Å². The molecule has 0 bridgehead atoms. The normalized spacial score (nSPS) is 15.9. The van der Waals surface area contributed by atoms with Crippen LogP contribution in [0.5, 0.6) is 0 Å². The zero-order valence-electron chi connectivity index (χ0n) is 12.1. The highest BCUT2D eigenvalue weighted by atomic mass is 19.4. The third-order valence-electron chi connectivity index (χ3n) is 3.22. The maximum atomic E-state index is 12.6. The number of anilines is 1. The average Bonchev–Trinajstić information content (AvgIpc) is 2.55. The molecule has 0 aromatic heterocycles. The van der Waals surface area contributed by atoms with E-state index in [2.05, 4.69) is 5.32 Å². The fourth-order valence-corrected chi connectivity index (χ4v) is 2.02. The monoisotopic (exact) mass is 325 g/mol. The van der Waals surface area contributed by atoms with Crippen LogP contribution >= 0.6 is 0 Å². The van der Waals surface area contributed by atoms with Crippen molar-refractivity contribution in [2.45, 2.75) is 6.18 Å².